The number of hydrogen-bond donors (Lipinski definition) is 2. The van der Waals surface area contributed by atoms with E-state index in [2.05, 4.69) is 25.3 Å². The topological polar surface area (TPSA) is 108 Å². The zero-order valence-electron chi connectivity index (χ0n) is 19.3. The molecule has 11 heteroatoms. The predicted molar refractivity (Wildman–Crippen MR) is 135 cm³/mol. The van der Waals surface area contributed by atoms with E-state index in [4.69, 9.17) is 19.4 Å². The van der Waals surface area contributed by atoms with Gasteiger partial charge in [-0.05, 0) is 12.1 Å². The van der Waals surface area contributed by atoms with Gasteiger partial charge < -0.3 is 19.7 Å². The molecular weight excluding hydrogens is 466 g/mol. The summed E-state index contributed by atoms with van der Waals surface area (Å²) in [6, 6.07) is 7.85. The number of H-pyrrole nitrogens is 1. The van der Waals surface area contributed by atoms with Crippen LogP contribution in [0.25, 0.3) is 32.5 Å². The number of thiophene rings is 1. The lowest BCUT2D eigenvalue weighted by molar-refractivity contribution is 0.0383. The third kappa shape index (κ3) is 4.59. The van der Waals surface area contributed by atoms with Crippen LogP contribution in [-0.4, -0.2) is 96.7 Å². The first-order valence-electron chi connectivity index (χ1n) is 11.9. The van der Waals surface area contributed by atoms with E-state index in [1.54, 1.807) is 6.20 Å². The van der Waals surface area contributed by atoms with Crippen LogP contribution in [0, 0.1) is 0 Å². The zero-order valence-corrected chi connectivity index (χ0v) is 20.1. The second-order valence-electron chi connectivity index (χ2n) is 8.64. The van der Waals surface area contributed by atoms with Crippen LogP contribution in [0.3, 0.4) is 0 Å². The van der Waals surface area contributed by atoms with Crippen molar-refractivity contribution in [3.05, 3.63) is 35.3 Å². The van der Waals surface area contributed by atoms with Crippen molar-refractivity contribution in [2.24, 2.45) is 0 Å². The molecule has 182 valence electrons. The Morgan fingerprint density at radius 2 is 1.89 bits per heavy atom. The molecule has 0 spiro atoms. The predicted octanol–water partition coefficient (Wildman–Crippen LogP) is 2.13. The molecule has 4 aromatic rings. The van der Waals surface area contributed by atoms with Crippen molar-refractivity contribution >= 4 is 44.2 Å². The number of amides is 1. The second kappa shape index (κ2) is 9.86. The fourth-order valence-electron chi connectivity index (χ4n) is 4.54. The van der Waals surface area contributed by atoms with E-state index in [0.717, 1.165) is 78.4 Å². The van der Waals surface area contributed by atoms with Gasteiger partial charge in [0, 0.05) is 50.2 Å². The van der Waals surface area contributed by atoms with Gasteiger partial charge in [0.1, 0.15) is 0 Å². The summed E-state index contributed by atoms with van der Waals surface area (Å²) in [6.45, 7) is 7.54. The van der Waals surface area contributed by atoms with E-state index in [9.17, 15) is 4.79 Å². The monoisotopic (exact) mass is 493 g/mol. The Morgan fingerprint density at radius 3 is 2.71 bits per heavy atom. The highest BCUT2D eigenvalue weighted by atomic mass is 32.1. The van der Waals surface area contributed by atoms with Crippen LogP contribution in [0.15, 0.2) is 30.5 Å². The molecule has 0 aliphatic carbocycles. The van der Waals surface area contributed by atoms with Gasteiger partial charge in [0.05, 0.1) is 53.2 Å². The minimum atomic E-state index is -0.0762. The maximum Gasteiger partial charge on any atom is 0.261 e. The maximum atomic E-state index is 13.0. The first-order chi connectivity index (χ1) is 17.3. The molecule has 1 aromatic carbocycles. The van der Waals surface area contributed by atoms with Gasteiger partial charge in [-0.3, -0.25) is 14.8 Å². The fourth-order valence-corrected chi connectivity index (χ4v) is 5.57. The standard InChI is InChI=1S/C24H27N7O3S/c32-24(25-4-5-30-6-10-33-11-7-30)20-14-19-21(35-20)23(31-8-12-34-13-9-31)28-22(27-19)16-2-1-3-18-17(16)15-26-29-18/h1-3,14-15H,4-13H2,(H,25,32)(H,26,29). The van der Waals surface area contributed by atoms with Crippen molar-refractivity contribution in [2.45, 2.75) is 0 Å². The van der Waals surface area contributed by atoms with Gasteiger partial charge in [-0.2, -0.15) is 5.10 Å². The highest BCUT2D eigenvalue weighted by molar-refractivity contribution is 7.21. The molecule has 0 atom stereocenters. The van der Waals surface area contributed by atoms with E-state index in [1.807, 2.05) is 24.3 Å². The molecule has 2 fully saturated rings. The summed E-state index contributed by atoms with van der Waals surface area (Å²) in [5.41, 5.74) is 2.63. The van der Waals surface area contributed by atoms with Gasteiger partial charge in [-0.25, -0.2) is 9.97 Å². The SMILES string of the molecule is O=C(NCCN1CCOCC1)c1cc2nc(-c3cccc4[nH]ncc34)nc(N3CCOCC3)c2s1. The lowest BCUT2D eigenvalue weighted by Gasteiger charge is -2.28. The zero-order chi connectivity index (χ0) is 23.6. The van der Waals surface area contributed by atoms with E-state index in [1.165, 1.54) is 11.3 Å². The fraction of sp³-hybridized carbons (Fsp3) is 0.417. The molecule has 5 heterocycles. The molecule has 2 N–H and O–H groups in total. The minimum Gasteiger partial charge on any atom is -0.379 e. The van der Waals surface area contributed by atoms with Crippen LogP contribution < -0.4 is 10.2 Å². The number of carbonyl (C=O) groups is 1. The summed E-state index contributed by atoms with van der Waals surface area (Å²) in [5, 5.41) is 11.2. The molecule has 3 aromatic heterocycles. The average molecular weight is 494 g/mol. The average Bonchev–Trinajstić information content (AvgIpc) is 3.56. The van der Waals surface area contributed by atoms with Crippen molar-refractivity contribution < 1.29 is 14.3 Å². The third-order valence-electron chi connectivity index (χ3n) is 6.43. The lowest BCUT2D eigenvalue weighted by atomic mass is 10.1. The summed E-state index contributed by atoms with van der Waals surface area (Å²) in [7, 11) is 0. The van der Waals surface area contributed by atoms with Gasteiger partial charge in [-0.1, -0.05) is 12.1 Å². The summed E-state index contributed by atoms with van der Waals surface area (Å²) < 4.78 is 11.9. The van der Waals surface area contributed by atoms with Gasteiger partial charge in [0.25, 0.3) is 5.91 Å². The number of benzene rings is 1. The Balaban J connectivity index is 1.32. The normalized spacial score (nSPS) is 17.3. The number of hydrogen-bond acceptors (Lipinski definition) is 9. The highest BCUT2D eigenvalue weighted by Crippen LogP contribution is 2.35. The number of ether oxygens (including phenoxy) is 2. The molecule has 0 radical (unpaired) electrons. The van der Waals surface area contributed by atoms with Crippen LogP contribution in [0.4, 0.5) is 5.82 Å². The molecule has 35 heavy (non-hydrogen) atoms. The van der Waals surface area contributed by atoms with Crippen LogP contribution in [-0.2, 0) is 9.47 Å². The minimum absolute atomic E-state index is 0.0762. The molecule has 0 bridgehead atoms. The number of carbonyl (C=O) groups excluding carboxylic acids is 1. The molecule has 6 rings (SSSR count). The van der Waals surface area contributed by atoms with Crippen molar-refractivity contribution in [3.8, 4) is 11.4 Å². The lowest BCUT2D eigenvalue weighted by Crippen LogP contribution is -2.41. The van der Waals surface area contributed by atoms with Crippen LogP contribution >= 0.6 is 11.3 Å². The van der Waals surface area contributed by atoms with E-state index >= 15 is 0 Å². The number of rotatable bonds is 6. The number of anilines is 1. The van der Waals surface area contributed by atoms with Crippen LogP contribution in [0.2, 0.25) is 0 Å². The Bertz CT molecular complexity index is 1340. The first kappa shape index (κ1) is 22.4. The molecular formula is C24H27N7O3S. The summed E-state index contributed by atoms with van der Waals surface area (Å²) in [4.78, 5) is 28.1. The molecule has 1 amide bonds. The van der Waals surface area contributed by atoms with Crippen molar-refractivity contribution in [1.82, 2.24) is 30.4 Å². The molecule has 0 saturated carbocycles. The summed E-state index contributed by atoms with van der Waals surface area (Å²) in [6.07, 6.45) is 1.80. The summed E-state index contributed by atoms with van der Waals surface area (Å²) >= 11 is 1.45. The highest BCUT2D eigenvalue weighted by Gasteiger charge is 2.22. The van der Waals surface area contributed by atoms with Crippen LogP contribution in [0.1, 0.15) is 9.67 Å². The summed E-state index contributed by atoms with van der Waals surface area (Å²) in [5.74, 6) is 1.40. The van der Waals surface area contributed by atoms with Gasteiger partial charge in [-0.15, -0.1) is 11.3 Å². The Morgan fingerprint density at radius 1 is 1.09 bits per heavy atom. The number of aromatic nitrogens is 4. The quantitative estimate of drug-likeness (QED) is 0.421. The van der Waals surface area contributed by atoms with Gasteiger partial charge in [0.15, 0.2) is 11.6 Å². The van der Waals surface area contributed by atoms with Gasteiger partial charge in [0.2, 0.25) is 0 Å². The van der Waals surface area contributed by atoms with E-state index in [0.29, 0.717) is 30.5 Å². The van der Waals surface area contributed by atoms with E-state index < -0.39 is 0 Å². The number of aromatic amines is 1. The Hall–Kier alpha value is -3.12. The molecule has 0 unspecified atom stereocenters. The first-order valence-corrected chi connectivity index (χ1v) is 12.7. The number of fused-ring (bicyclic) bond motifs is 2. The largest absolute Gasteiger partial charge is 0.379 e. The van der Waals surface area contributed by atoms with Gasteiger partial charge >= 0.3 is 0 Å². The Kier molecular flexibility index (Phi) is 6.30. The maximum absolute atomic E-state index is 13.0. The molecule has 10 nitrogen and oxygen atoms in total. The number of nitrogens with zero attached hydrogens (tertiary/aromatic N) is 5. The molecule has 2 aliphatic rings. The third-order valence-corrected chi connectivity index (χ3v) is 7.55. The molecule has 2 aliphatic heterocycles. The number of nitrogens with one attached hydrogen (secondary N) is 2. The van der Waals surface area contributed by atoms with Crippen molar-refractivity contribution in [1.29, 1.82) is 0 Å². The Labute approximate surface area is 206 Å². The van der Waals surface area contributed by atoms with Crippen LogP contribution in [0.5, 0.6) is 0 Å². The second-order valence-corrected chi connectivity index (χ2v) is 9.69. The smallest absolute Gasteiger partial charge is 0.261 e. The van der Waals surface area contributed by atoms with Crippen molar-refractivity contribution in [3.63, 3.8) is 0 Å². The molecule has 2 saturated heterocycles. The van der Waals surface area contributed by atoms with Crippen molar-refractivity contribution in [2.75, 3.05) is 70.6 Å². The van der Waals surface area contributed by atoms with E-state index in [-0.39, 0.29) is 5.91 Å². The number of morpholine rings is 2.